The molecule has 3 N–H and O–H groups in total. The monoisotopic (exact) mass is 247 g/mol. The van der Waals surface area contributed by atoms with E-state index in [1.807, 2.05) is 6.07 Å². The molecule has 2 unspecified atom stereocenters. The number of hydrogen-bond acceptors (Lipinski definition) is 3. The molecule has 18 heavy (non-hydrogen) atoms. The van der Waals surface area contributed by atoms with Crippen LogP contribution in [-0.2, 0) is 0 Å². The van der Waals surface area contributed by atoms with Crippen molar-refractivity contribution in [3.63, 3.8) is 0 Å². The highest BCUT2D eigenvalue weighted by Gasteiger charge is 2.20. The molecule has 2 rings (SSSR count). The smallest absolute Gasteiger partial charge is 0.267 e. The third-order valence-corrected chi connectivity index (χ3v) is 3.36. The Hall–Kier alpha value is -1.80. The number of nitriles is 1. The predicted octanol–water partition coefficient (Wildman–Crippen LogP) is 1.17. The second-order valence-electron chi connectivity index (χ2n) is 4.81. The highest BCUT2D eigenvalue weighted by atomic mass is 16.3. The first-order valence-corrected chi connectivity index (χ1v) is 6.24. The molecule has 0 bridgehead atoms. The van der Waals surface area contributed by atoms with E-state index in [0.29, 0.717) is 23.7 Å². The standard InChI is InChI=1S/C13H17N3O2/c14-6-10-5-12(15-8-10)13(18)16-7-9-2-1-3-11(17)4-9/h5,8-9,11,15,17H,1-4,7H2,(H,16,18). The number of aliphatic hydroxyl groups excluding tert-OH is 1. The topological polar surface area (TPSA) is 88.9 Å². The van der Waals surface area contributed by atoms with Crippen molar-refractivity contribution >= 4 is 5.91 Å². The zero-order valence-electron chi connectivity index (χ0n) is 10.1. The maximum atomic E-state index is 11.8. The minimum atomic E-state index is -0.226. The van der Waals surface area contributed by atoms with Crippen LogP contribution in [-0.4, -0.2) is 28.6 Å². The van der Waals surface area contributed by atoms with E-state index >= 15 is 0 Å². The van der Waals surface area contributed by atoms with E-state index in [2.05, 4.69) is 10.3 Å². The number of hydrogen-bond donors (Lipinski definition) is 3. The first kappa shape index (κ1) is 12.7. The largest absolute Gasteiger partial charge is 0.393 e. The molecule has 5 heteroatoms. The van der Waals surface area contributed by atoms with E-state index in [1.54, 1.807) is 0 Å². The lowest BCUT2D eigenvalue weighted by Crippen LogP contribution is -2.33. The third kappa shape index (κ3) is 3.11. The summed E-state index contributed by atoms with van der Waals surface area (Å²) in [4.78, 5) is 14.6. The molecule has 1 aromatic heterocycles. The Morgan fingerprint density at radius 1 is 1.61 bits per heavy atom. The maximum Gasteiger partial charge on any atom is 0.267 e. The second-order valence-corrected chi connectivity index (χ2v) is 4.81. The summed E-state index contributed by atoms with van der Waals surface area (Å²) in [6.07, 6.45) is 4.98. The Morgan fingerprint density at radius 3 is 3.11 bits per heavy atom. The number of carbonyl (C=O) groups excluding carboxylic acids is 1. The summed E-state index contributed by atoms with van der Waals surface area (Å²) in [6.45, 7) is 0.580. The van der Waals surface area contributed by atoms with Gasteiger partial charge in [-0.3, -0.25) is 4.79 Å². The average molecular weight is 247 g/mol. The zero-order valence-corrected chi connectivity index (χ0v) is 10.1. The summed E-state index contributed by atoms with van der Waals surface area (Å²) >= 11 is 0. The summed E-state index contributed by atoms with van der Waals surface area (Å²) < 4.78 is 0. The number of aromatic nitrogens is 1. The maximum absolute atomic E-state index is 11.8. The van der Waals surface area contributed by atoms with Gasteiger partial charge in [0.1, 0.15) is 11.8 Å². The van der Waals surface area contributed by atoms with E-state index < -0.39 is 0 Å². The third-order valence-electron chi connectivity index (χ3n) is 3.36. The van der Waals surface area contributed by atoms with Crippen molar-refractivity contribution in [1.82, 2.24) is 10.3 Å². The summed E-state index contributed by atoms with van der Waals surface area (Å²) in [5, 5.41) is 21.0. The van der Waals surface area contributed by atoms with E-state index in [9.17, 15) is 9.90 Å². The fourth-order valence-corrected chi connectivity index (χ4v) is 2.37. The van der Waals surface area contributed by atoms with Gasteiger partial charge in [0.25, 0.3) is 5.91 Å². The average Bonchev–Trinajstić information content (AvgIpc) is 2.85. The fourth-order valence-electron chi connectivity index (χ4n) is 2.37. The van der Waals surface area contributed by atoms with Crippen LogP contribution in [0.2, 0.25) is 0 Å². The van der Waals surface area contributed by atoms with Crippen LogP contribution in [0.3, 0.4) is 0 Å². The molecule has 1 heterocycles. The van der Waals surface area contributed by atoms with Crippen LogP contribution >= 0.6 is 0 Å². The molecule has 1 aliphatic carbocycles. The first-order chi connectivity index (χ1) is 8.69. The number of amides is 1. The lowest BCUT2D eigenvalue weighted by atomic mass is 9.87. The van der Waals surface area contributed by atoms with Gasteiger partial charge in [-0.15, -0.1) is 0 Å². The van der Waals surface area contributed by atoms with Crippen molar-refractivity contribution in [1.29, 1.82) is 5.26 Å². The van der Waals surface area contributed by atoms with Crippen LogP contribution in [0.4, 0.5) is 0 Å². The van der Waals surface area contributed by atoms with Crippen molar-refractivity contribution in [2.75, 3.05) is 6.54 Å². The first-order valence-electron chi connectivity index (χ1n) is 6.24. The molecule has 1 aliphatic rings. The molecular weight excluding hydrogens is 230 g/mol. The molecule has 2 atom stereocenters. The van der Waals surface area contributed by atoms with Crippen LogP contribution in [0.1, 0.15) is 41.7 Å². The Labute approximate surface area is 106 Å². The van der Waals surface area contributed by atoms with Crippen molar-refractivity contribution in [2.24, 2.45) is 5.92 Å². The number of aromatic amines is 1. The lowest BCUT2D eigenvalue weighted by molar-refractivity contribution is 0.0870. The van der Waals surface area contributed by atoms with Crippen LogP contribution in [0.5, 0.6) is 0 Å². The lowest BCUT2D eigenvalue weighted by Gasteiger charge is -2.25. The number of nitrogens with one attached hydrogen (secondary N) is 2. The SMILES string of the molecule is N#Cc1c[nH]c(C(=O)NCC2CCCC(O)C2)c1. The summed E-state index contributed by atoms with van der Waals surface area (Å²) in [7, 11) is 0. The molecule has 1 amide bonds. The van der Waals surface area contributed by atoms with Crippen LogP contribution in [0.25, 0.3) is 0 Å². The van der Waals surface area contributed by atoms with E-state index in [4.69, 9.17) is 5.26 Å². The van der Waals surface area contributed by atoms with E-state index in [0.717, 1.165) is 25.7 Å². The van der Waals surface area contributed by atoms with E-state index in [-0.39, 0.29) is 12.0 Å². The van der Waals surface area contributed by atoms with E-state index in [1.165, 1.54) is 12.3 Å². The molecule has 1 saturated carbocycles. The normalized spacial score (nSPS) is 23.3. The molecular formula is C13H17N3O2. The zero-order chi connectivity index (χ0) is 13.0. The Bertz CT molecular complexity index is 461. The number of aliphatic hydroxyl groups is 1. The quantitative estimate of drug-likeness (QED) is 0.749. The Morgan fingerprint density at radius 2 is 2.44 bits per heavy atom. The molecule has 0 saturated heterocycles. The molecule has 96 valence electrons. The van der Waals surface area contributed by atoms with Gasteiger partial charge in [0.2, 0.25) is 0 Å². The van der Waals surface area contributed by atoms with Gasteiger partial charge in [-0.1, -0.05) is 6.42 Å². The molecule has 0 radical (unpaired) electrons. The predicted molar refractivity (Wildman–Crippen MR) is 65.8 cm³/mol. The molecule has 0 aliphatic heterocycles. The molecule has 5 nitrogen and oxygen atoms in total. The van der Waals surface area contributed by atoms with Crippen LogP contribution in [0.15, 0.2) is 12.3 Å². The summed E-state index contributed by atoms with van der Waals surface area (Å²) in [5.74, 6) is 0.152. The van der Waals surface area contributed by atoms with Crippen LogP contribution < -0.4 is 5.32 Å². The Kier molecular flexibility index (Phi) is 4.00. The van der Waals surface area contributed by atoms with Gasteiger partial charge in [-0.2, -0.15) is 5.26 Å². The number of H-pyrrole nitrogens is 1. The van der Waals surface area contributed by atoms with Gasteiger partial charge in [0, 0.05) is 12.7 Å². The number of nitrogens with zero attached hydrogens (tertiary/aromatic N) is 1. The van der Waals surface area contributed by atoms with Crippen molar-refractivity contribution < 1.29 is 9.90 Å². The van der Waals surface area contributed by atoms with Crippen LogP contribution in [0, 0.1) is 17.2 Å². The molecule has 0 aromatic carbocycles. The highest BCUT2D eigenvalue weighted by Crippen LogP contribution is 2.23. The number of carbonyl (C=O) groups is 1. The van der Waals surface area contributed by atoms with Gasteiger partial charge >= 0.3 is 0 Å². The Balaban J connectivity index is 1.83. The molecule has 1 fully saturated rings. The van der Waals surface area contributed by atoms with Gasteiger partial charge in [-0.25, -0.2) is 0 Å². The highest BCUT2D eigenvalue weighted by molar-refractivity contribution is 5.92. The molecule has 0 spiro atoms. The summed E-state index contributed by atoms with van der Waals surface area (Å²) in [6, 6.07) is 3.50. The van der Waals surface area contributed by atoms with Gasteiger partial charge in [-0.05, 0) is 31.2 Å². The van der Waals surface area contributed by atoms with Crippen molar-refractivity contribution in [2.45, 2.75) is 31.8 Å². The summed E-state index contributed by atoms with van der Waals surface area (Å²) in [5.41, 5.74) is 0.858. The van der Waals surface area contributed by atoms with Gasteiger partial charge in [0.15, 0.2) is 0 Å². The molecule has 1 aromatic rings. The minimum Gasteiger partial charge on any atom is -0.393 e. The number of rotatable bonds is 3. The minimum absolute atomic E-state index is 0.198. The van der Waals surface area contributed by atoms with Gasteiger partial charge in [0.05, 0.1) is 11.7 Å². The van der Waals surface area contributed by atoms with Gasteiger partial charge < -0.3 is 15.4 Å². The van der Waals surface area contributed by atoms with Crippen molar-refractivity contribution in [3.05, 3.63) is 23.5 Å². The fraction of sp³-hybridized carbons (Fsp3) is 0.538. The van der Waals surface area contributed by atoms with Crippen molar-refractivity contribution in [3.8, 4) is 6.07 Å². The second kappa shape index (κ2) is 5.69.